The van der Waals surface area contributed by atoms with Gasteiger partial charge in [0, 0.05) is 13.2 Å². The monoisotopic (exact) mass is 553 g/mol. The predicted molar refractivity (Wildman–Crippen MR) is 124 cm³/mol. The maximum absolute atomic E-state index is 14.5. The van der Waals surface area contributed by atoms with Crippen molar-refractivity contribution in [2.45, 2.75) is 49.0 Å². The van der Waals surface area contributed by atoms with Crippen molar-refractivity contribution >= 4 is 40.2 Å². The lowest BCUT2D eigenvalue weighted by atomic mass is 9.86. The molecule has 0 saturated heterocycles. The maximum Gasteiger partial charge on any atom is 0.323 e. The zero-order valence-corrected chi connectivity index (χ0v) is 21.0. The third-order valence-corrected chi connectivity index (χ3v) is 8.03. The summed E-state index contributed by atoms with van der Waals surface area (Å²) in [6, 6.07) is -1.06. The molecule has 7 nitrogen and oxygen atoms in total. The number of hydrogen-bond donors (Lipinski definition) is 2. The van der Waals surface area contributed by atoms with Crippen LogP contribution in [0.3, 0.4) is 0 Å². The predicted octanol–water partition coefficient (Wildman–Crippen LogP) is 5.82. The van der Waals surface area contributed by atoms with Crippen molar-refractivity contribution in [1.29, 1.82) is 0 Å². The van der Waals surface area contributed by atoms with Gasteiger partial charge in [-0.1, -0.05) is 18.3 Å². The van der Waals surface area contributed by atoms with Gasteiger partial charge in [-0.2, -0.15) is 0 Å². The van der Waals surface area contributed by atoms with Crippen LogP contribution >= 0.6 is 23.1 Å². The van der Waals surface area contributed by atoms with E-state index >= 15 is 0 Å². The Hall–Kier alpha value is -2.45. The zero-order valence-electron chi connectivity index (χ0n) is 19.3. The Morgan fingerprint density at radius 1 is 1.14 bits per heavy atom. The minimum Gasteiger partial charge on any atom is -0.481 e. The molecule has 1 aromatic carbocycles. The standard InChI is InChI=1S/C22H24F5N3O4S2/c1-10-3-5-11(6-4-10)30(22(33)29-21-28-7-14(36-21)35-9-13(31)32)8-12(34-2)15-16(23)18(25)20(27)19(26)17(15)24/h7,10-12H,3-6,8-9H2,1-2H3,(H,31,32)(H,28,29,33)/t10-,11-,12?. The van der Waals surface area contributed by atoms with Crippen molar-refractivity contribution in [3.8, 4) is 0 Å². The van der Waals surface area contributed by atoms with Gasteiger partial charge in [0.25, 0.3) is 0 Å². The summed E-state index contributed by atoms with van der Waals surface area (Å²) in [4.78, 5) is 29.3. The Morgan fingerprint density at radius 3 is 2.28 bits per heavy atom. The van der Waals surface area contributed by atoms with Gasteiger partial charge in [0.2, 0.25) is 5.82 Å². The molecule has 1 fully saturated rings. The Bertz CT molecular complexity index is 1080. The Morgan fingerprint density at radius 2 is 1.72 bits per heavy atom. The van der Waals surface area contributed by atoms with E-state index in [4.69, 9.17) is 9.84 Å². The number of nitrogens with one attached hydrogen (secondary N) is 1. The molecule has 14 heteroatoms. The Balaban J connectivity index is 1.87. The molecule has 0 spiro atoms. The normalized spacial score (nSPS) is 18.6. The van der Waals surface area contributed by atoms with Gasteiger partial charge < -0.3 is 14.7 Å². The number of amides is 2. The fraction of sp³-hybridized carbons (Fsp3) is 0.500. The first-order chi connectivity index (χ1) is 17.0. The first-order valence-electron chi connectivity index (χ1n) is 11.0. The number of nitrogens with zero attached hydrogens (tertiary/aromatic N) is 2. The van der Waals surface area contributed by atoms with E-state index < -0.39 is 59.3 Å². The van der Waals surface area contributed by atoms with Crippen LogP contribution in [-0.4, -0.2) is 52.4 Å². The average Bonchev–Trinajstić information content (AvgIpc) is 3.30. The van der Waals surface area contributed by atoms with E-state index in [-0.39, 0.29) is 16.9 Å². The first kappa shape index (κ1) is 28.1. The second-order valence-electron chi connectivity index (χ2n) is 8.37. The van der Waals surface area contributed by atoms with Crippen LogP contribution in [-0.2, 0) is 9.53 Å². The number of ether oxygens (including phenoxy) is 1. The molecule has 1 aliphatic rings. The number of halogens is 5. The number of thiazole rings is 1. The van der Waals surface area contributed by atoms with Gasteiger partial charge in [-0.15, -0.1) is 11.8 Å². The molecule has 1 aromatic heterocycles. The van der Waals surface area contributed by atoms with Gasteiger partial charge in [-0.25, -0.2) is 31.7 Å². The highest BCUT2D eigenvalue weighted by Crippen LogP contribution is 2.34. The number of urea groups is 1. The number of rotatable bonds is 9. The van der Waals surface area contributed by atoms with Crippen molar-refractivity contribution in [1.82, 2.24) is 9.88 Å². The van der Waals surface area contributed by atoms with Crippen LogP contribution in [0, 0.1) is 35.0 Å². The summed E-state index contributed by atoms with van der Waals surface area (Å²) < 4.78 is 75.9. The lowest BCUT2D eigenvalue weighted by molar-refractivity contribution is -0.133. The summed E-state index contributed by atoms with van der Waals surface area (Å²) in [5.41, 5.74) is -1.16. The number of carboxylic acid groups (broad SMARTS) is 1. The molecule has 1 unspecified atom stereocenters. The van der Waals surface area contributed by atoms with Crippen LogP contribution in [0.25, 0.3) is 0 Å². The summed E-state index contributed by atoms with van der Waals surface area (Å²) in [7, 11) is 1.05. The quantitative estimate of drug-likeness (QED) is 0.176. The van der Waals surface area contributed by atoms with Crippen LogP contribution in [0.15, 0.2) is 10.4 Å². The topological polar surface area (TPSA) is 91.8 Å². The van der Waals surface area contributed by atoms with Gasteiger partial charge in [0.1, 0.15) is 6.10 Å². The minimum atomic E-state index is -2.28. The van der Waals surface area contributed by atoms with Crippen LogP contribution in [0.5, 0.6) is 0 Å². The van der Waals surface area contributed by atoms with Crippen molar-refractivity contribution in [2.24, 2.45) is 5.92 Å². The van der Waals surface area contributed by atoms with E-state index in [0.717, 1.165) is 43.1 Å². The molecule has 2 N–H and O–H groups in total. The van der Waals surface area contributed by atoms with Crippen LogP contribution in [0.4, 0.5) is 31.9 Å². The zero-order chi connectivity index (χ0) is 26.6. The molecule has 198 valence electrons. The molecular weight excluding hydrogens is 529 g/mol. The summed E-state index contributed by atoms with van der Waals surface area (Å²) in [5, 5.41) is 11.5. The van der Waals surface area contributed by atoms with Gasteiger partial charge in [0.05, 0.1) is 28.3 Å². The number of carbonyl (C=O) groups excluding carboxylic acids is 1. The van der Waals surface area contributed by atoms with E-state index in [9.17, 15) is 31.5 Å². The molecule has 1 aliphatic carbocycles. The van der Waals surface area contributed by atoms with Crippen LogP contribution < -0.4 is 5.32 Å². The summed E-state index contributed by atoms with van der Waals surface area (Å²) in [5.74, 6) is -11.3. The fourth-order valence-corrected chi connectivity index (χ4v) is 5.58. The number of carboxylic acids is 1. The van der Waals surface area contributed by atoms with Gasteiger partial charge in [-0.05, 0) is 31.6 Å². The van der Waals surface area contributed by atoms with Crippen molar-refractivity contribution < 1.29 is 41.4 Å². The van der Waals surface area contributed by atoms with E-state index in [0.29, 0.717) is 23.0 Å². The van der Waals surface area contributed by atoms with Crippen LogP contribution in [0.1, 0.15) is 44.3 Å². The average molecular weight is 554 g/mol. The summed E-state index contributed by atoms with van der Waals surface area (Å²) in [6.45, 7) is 1.57. The number of carbonyl (C=O) groups is 2. The molecule has 2 aromatic rings. The molecule has 3 rings (SSSR count). The molecule has 0 bridgehead atoms. The van der Waals surface area contributed by atoms with Gasteiger partial charge in [-0.3, -0.25) is 10.1 Å². The van der Waals surface area contributed by atoms with Crippen molar-refractivity contribution in [3.05, 3.63) is 40.8 Å². The second-order valence-corrected chi connectivity index (χ2v) is 10.7. The number of benzene rings is 1. The Kier molecular flexibility index (Phi) is 9.53. The highest BCUT2D eigenvalue weighted by molar-refractivity contribution is 8.01. The third kappa shape index (κ3) is 6.45. The number of anilines is 1. The number of hydrogen-bond acceptors (Lipinski definition) is 6. The van der Waals surface area contributed by atoms with E-state index in [2.05, 4.69) is 17.2 Å². The number of thioether (sulfide) groups is 1. The maximum atomic E-state index is 14.5. The van der Waals surface area contributed by atoms with Gasteiger partial charge >= 0.3 is 12.0 Å². The SMILES string of the molecule is COC(CN(C(=O)Nc1ncc(SCC(=O)O)s1)[C@H]1CC[C@H](C)CC1)c1c(F)c(F)c(F)c(F)c1F. The lowest BCUT2D eigenvalue weighted by Crippen LogP contribution is -2.47. The molecule has 1 saturated carbocycles. The van der Waals surface area contributed by atoms with E-state index in [1.165, 1.54) is 11.1 Å². The number of methoxy groups -OCH3 is 1. The Labute approximate surface area is 212 Å². The van der Waals surface area contributed by atoms with Gasteiger partial charge in [0.15, 0.2) is 28.4 Å². The highest BCUT2D eigenvalue weighted by atomic mass is 32.2. The molecule has 0 aliphatic heterocycles. The summed E-state index contributed by atoms with van der Waals surface area (Å²) >= 11 is 2.06. The fourth-order valence-electron chi connectivity index (χ4n) is 4.00. The summed E-state index contributed by atoms with van der Waals surface area (Å²) in [6.07, 6.45) is 2.45. The highest BCUT2D eigenvalue weighted by Gasteiger charge is 2.35. The second kappa shape index (κ2) is 12.2. The molecule has 2 amide bonds. The molecular formula is C22H24F5N3O4S2. The number of aliphatic carboxylic acids is 1. The molecule has 0 radical (unpaired) electrons. The number of aromatic nitrogens is 1. The van der Waals surface area contributed by atoms with Crippen LogP contribution in [0.2, 0.25) is 0 Å². The molecule has 1 atom stereocenters. The first-order valence-corrected chi connectivity index (χ1v) is 12.8. The third-order valence-electron chi connectivity index (χ3n) is 5.94. The largest absolute Gasteiger partial charge is 0.481 e. The van der Waals surface area contributed by atoms with E-state index in [1.807, 2.05) is 0 Å². The molecule has 36 heavy (non-hydrogen) atoms. The lowest BCUT2D eigenvalue weighted by Gasteiger charge is -2.37. The smallest absolute Gasteiger partial charge is 0.323 e. The van der Waals surface area contributed by atoms with Crippen molar-refractivity contribution in [3.63, 3.8) is 0 Å². The molecule has 1 heterocycles. The van der Waals surface area contributed by atoms with E-state index in [1.54, 1.807) is 0 Å². The minimum absolute atomic E-state index is 0.160. The van der Waals surface area contributed by atoms with Crippen molar-refractivity contribution in [2.75, 3.05) is 24.7 Å².